The molecule has 0 aliphatic rings. The van der Waals surface area contributed by atoms with Crippen LogP contribution in [0, 0.1) is 0 Å². The summed E-state index contributed by atoms with van der Waals surface area (Å²) in [5, 5.41) is 1.57. The summed E-state index contributed by atoms with van der Waals surface area (Å²) in [5.41, 5.74) is 0. The Hall–Kier alpha value is -1.66. The van der Waals surface area contributed by atoms with Crippen molar-refractivity contribution in [1.82, 2.24) is 9.97 Å². The highest BCUT2D eigenvalue weighted by Gasteiger charge is 2.38. The molecule has 0 aromatic carbocycles. The van der Waals surface area contributed by atoms with Gasteiger partial charge in [0.25, 0.3) is 0 Å². The van der Waals surface area contributed by atoms with E-state index >= 15 is 0 Å². The minimum atomic E-state index is -4.90. The van der Waals surface area contributed by atoms with Gasteiger partial charge >= 0.3 is 12.1 Å². The average Bonchev–Trinajstić information content (AvgIpc) is 2.04. The SMILES string of the molecule is O=C(Nc1ccncn1)C(F)(F)F. The minimum Gasteiger partial charge on any atom is -0.303 e. The number of amides is 1. The summed E-state index contributed by atoms with van der Waals surface area (Å²) in [6, 6.07) is 1.16. The molecule has 1 amide bonds. The van der Waals surface area contributed by atoms with Crippen molar-refractivity contribution in [3.05, 3.63) is 18.6 Å². The number of alkyl halides is 3. The number of rotatable bonds is 1. The van der Waals surface area contributed by atoms with Gasteiger partial charge in [0.05, 0.1) is 0 Å². The maximum absolute atomic E-state index is 11.7. The van der Waals surface area contributed by atoms with Crippen LogP contribution in [-0.2, 0) is 4.79 Å². The van der Waals surface area contributed by atoms with Crippen molar-refractivity contribution in [2.24, 2.45) is 0 Å². The van der Waals surface area contributed by atoms with E-state index in [2.05, 4.69) is 9.97 Å². The van der Waals surface area contributed by atoms with E-state index in [4.69, 9.17) is 0 Å². The van der Waals surface area contributed by atoms with Gasteiger partial charge in [-0.3, -0.25) is 4.79 Å². The first kappa shape index (κ1) is 9.43. The summed E-state index contributed by atoms with van der Waals surface area (Å²) in [6.07, 6.45) is -2.64. The highest BCUT2D eigenvalue weighted by molar-refractivity contribution is 5.93. The summed E-state index contributed by atoms with van der Waals surface area (Å²) in [4.78, 5) is 17.2. The lowest BCUT2D eigenvalue weighted by Gasteiger charge is -2.05. The van der Waals surface area contributed by atoms with Crippen LogP contribution in [0.25, 0.3) is 0 Å². The molecule has 1 N–H and O–H groups in total. The van der Waals surface area contributed by atoms with Crippen molar-refractivity contribution < 1.29 is 18.0 Å². The molecule has 0 atom stereocenters. The first-order chi connectivity index (χ1) is 6.00. The molecule has 1 aromatic rings. The van der Waals surface area contributed by atoms with Crippen molar-refractivity contribution in [3.63, 3.8) is 0 Å². The number of hydrogen-bond donors (Lipinski definition) is 1. The summed E-state index contributed by atoms with van der Waals surface area (Å²) >= 11 is 0. The lowest BCUT2D eigenvalue weighted by atomic mass is 10.5. The van der Waals surface area contributed by atoms with Crippen molar-refractivity contribution >= 4 is 11.7 Å². The van der Waals surface area contributed by atoms with E-state index in [0.717, 1.165) is 12.4 Å². The largest absolute Gasteiger partial charge is 0.471 e. The fraction of sp³-hybridized carbons (Fsp3) is 0.167. The predicted octanol–water partition coefficient (Wildman–Crippen LogP) is 0.977. The van der Waals surface area contributed by atoms with E-state index in [0.29, 0.717) is 0 Å². The first-order valence-corrected chi connectivity index (χ1v) is 3.14. The van der Waals surface area contributed by atoms with Crippen LogP contribution < -0.4 is 5.32 Å². The topological polar surface area (TPSA) is 54.9 Å². The molecule has 70 valence electrons. The number of anilines is 1. The van der Waals surface area contributed by atoms with Crippen LogP contribution in [0.1, 0.15) is 0 Å². The van der Waals surface area contributed by atoms with Crippen molar-refractivity contribution in [3.8, 4) is 0 Å². The molecule has 0 fully saturated rings. The third kappa shape index (κ3) is 2.69. The summed E-state index contributed by atoms with van der Waals surface area (Å²) < 4.78 is 35.0. The fourth-order valence-corrected chi connectivity index (χ4v) is 0.552. The minimum absolute atomic E-state index is 0.183. The summed E-state index contributed by atoms with van der Waals surface area (Å²) in [7, 11) is 0. The molecule has 4 nitrogen and oxygen atoms in total. The van der Waals surface area contributed by atoms with E-state index in [1.807, 2.05) is 0 Å². The zero-order chi connectivity index (χ0) is 9.90. The number of nitrogens with zero attached hydrogens (tertiary/aromatic N) is 2. The zero-order valence-electron chi connectivity index (χ0n) is 6.17. The maximum atomic E-state index is 11.7. The quantitative estimate of drug-likeness (QED) is 0.719. The molecule has 1 heterocycles. The lowest BCUT2D eigenvalue weighted by molar-refractivity contribution is -0.167. The Balaban J connectivity index is 2.66. The highest BCUT2D eigenvalue weighted by atomic mass is 19.4. The van der Waals surface area contributed by atoms with Crippen LogP contribution in [0.4, 0.5) is 19.0 Å². The van der Waals surface area contributed by atoms with E-state index in [9.17, 15) is 18.0 Å². The van der Waals surface area contributed by atoms with Gasteiger partial charge in [-0.15, -0.1) is 0 Å². The van der Waals surface area contributed by atoms with Gasteiger partial charge in [-0.2, -0.15) is 13.2 Å². The van der Waals surface area contributed by atoms with Crippen LogP contribution in [0.2, 0.25) is 0 Å². The van der Waals surface area contributed by atoms with Gasteiger partial charge in [0.15, 0.2) is 0 Å². The second-order valence-electron chi connectivity index (χ2n) is 2.05. The van der Waals surface area contributed by atoms with Crippen molar-refractivity contribution in [2.45, 2.75) is 6.18 Å². The second kappa shape index (κ2) is 3.38. The molecule has 1 aromatic heterocycles. The predicted molar refractivity (Wildman–Crippen MR) is 36.7 cm³/mol. The molecule has 0 bridgehead atoms. The Bertz CT molecular complexity index is 298. The molecule has 0 saturated heterocycles. The molecule has 1 rings (SSSR count). The zero-order valence-corrected chi connectivity index (χ0v) is 6.17. The molecule has 0 unspecified atom stereocenters. The molecule has 0 spiro atoms. The third-order valence-electron chi connectivity index (χ3n) is 1.08. The third-order valence-corrected chi connectivity index (χ3v) is 1.08. The smallest absolute Gasteiger partial charge is 0.303 e. The Morgan fingerprint density at radius 2 is 2.15 bits per heavy atom. The van der Waals surface area contributed by atoms with Gasteiger partial charge in [0.1, 0.15) is 12.1 Å². The summed E-state index contributed by atoms with van der Waals surface area (Å²) in [6.45, 7) is 0. The molecule has 0 saturated carbocycles. The molecule has 0 aliphatic carbocycles. The number of carbonyl (C=O) groups is 1. The van der Waals surface area contributed by atoms with Crippen molar-refractivity contribution in [2.75, 3.05) is 5.32 Å². The second-order valence-corrected chi connectivity index (χ2v) is 2.05. The first-order valence-electron chi connectivity index (χ1n) is 3.14. The van der Waals surface area contributed by atoms with Crippen LogP contribution in [0.3, 0.4) is 0 Å². The Labute approximate surface area is 70.8 Å². The monoisotopic (exact) mass is 191 g/mol. The standard InChI is InChI=1S/C6H4F3N3O/c7-6(8,9)5(13)12-4-1-2-10-3-11-4/h1-3H,(H,10,11,12,13). The number of nitrogens with one attached hydrogen (secondary N) is 1. The molecular weight excluding hydrogens is 187 g/mol. The van der Waals surface area contributed by atoms with E-state index in [1.54, 1.807) is 5.32 Å². The number of hydrogen-bond acceptors (Lipinski definition) is 3. The molecule has 0 aliphatic heterocycles. The van der Waals surface area contributed by atoms with E-state index in [-0.39, 0.29) is 5.82 Å². The Kier molecular flexibility index (Phi) is 2.45. The van der Waals surface area contributed by atoms with Gasteiger partial charge in [0, 0.05) is 6.20 Å². The van der Waals surface area contributed by atoms with Gasteiger partial charge in [-0.05, 0) is 6.07 Å². The van der Waals surface area contributed by atoms with Crippen LogP contribution in [-0.4, -0.2) is 22.1 Å². The number of halogens is 3. The fourth-order valence-electron chi connectivity index (χ4n) is 0.552. The van der Waals surface area contributed by atoms with Crippen LogP contribution in [0.5, 0.6) is 0 Å². The van der Waals surface area contributed by atoms with E-state index in [1.165, 1.54) is 6.20 Å². The summed E-state index contributed by atoms with van der Waals surface area (Å²) in [5.74, 6) is -2.23. The van der Waals surface area contributed by atoms with Gasteiger partial charge in [-0.1, -0.05) is 0 Å². The van der Waals surface area contributed by atoms with Gasteiger partial charge < -0.3 is 5.32 Å². The number of carbonyl (C=O) groups excluding carboxylic acids is 1. The lowest BCUT2D eigenvalue weighted by Crippen LogP contribution is -2.30. The Morgan fingerprint density at radius 1 is 1.46 bits per heavy atom. The average molecular weight is 191 g/mol. The van der Waals surface area contributed by atoms with Gasteiger partial charge in [0.2, 0.25) is 0 Å². The molecule has 7 heteroatoms. The van der Waals surface area contributed by atoms with Crippen LogP contribution in [0.15, 0.2) is 18.6 Å². The molecular formula is C6H4F3N3O. The maximum Gasteiger partial charge on any atom is 0.471 e. The van der Waals surface area contributed by atoms with Crippen LogP contribution >= 0.6 is 0 Å². The molecule has 0 radical (unpaired) electrons. The van der Waals surface area contributed by atoms with E-state index < -0.39 is 12.1 Å². The Morgan fingerprint density at radius 3 is 2.62 bits per heavy atom. The van der Waals surface area contributed by atoms with Crippen molar-refractivity contribution in [1.29, 1.82) is 0 Å². The highest BCUT2D eigenvalue weighted by Crippen LogP contribution is 2.16. The normalized spacial score (nSPS) is 11.0. The molecule has 13 heavy (non-hydrogen) atoms. The van der Waals surface area contributed by atoms with Gasteiger partial charge in [-0.25, -0.2) is 9.97 Å². The number of aromatic nitrogens is 2.